The molecule has 0 bridgehead atoms. The number of aromatic nitrogens is 2. The van der Waals surface area contributed by atoms with Crippen LogP contribution in [0.1, 0.15) is 38.6 Å². The standard InChI is InChI=1S/C16H21N3/c1-5-9-13(6-2)17-12(3)16-18-14-10-7-8-11-15(14)19(16)4/h1,7-8,10-13,17H,6,9H2,2-4H3. The molecule has 0 saturated heterocycles. The Hall–Kier alpha value is -1.79. The highest BCUT2D eigenvalue weighted by Crippen LogP contribution is 2.20. The molecule has 0 spiro atoms. The minimum atomic E-state index is 0.190. The fourth-order valence-electron chi connectivity index (χ4n) is 2.44. The predicted octanol–water partition coefficient (Wildman–Crippen LogP) is 3.03. The van der Waals surface area contributed by atoms with Crippen molar-refractivity contribution < 1.29 is 0 Å². The molecule has 2 rings (SSSR count). The summed E-state index contributed by atoms with van der Waals surface area (Å²) < 4.78 is 2.15. The Morgan fingerprint density at radius 2 is 2.16 bits per heavy atom. The van der Waals surface area contributed by atoms with Crippen molar-refractivity contribution >= 4 is 11.0 Å². The van der Waals surface area contributed by atoms with Crippen molar-refractivity contribution in [3.05, 3.63) is 30.1 Å². The van der Waals surface area contributed by atoms with Crippen LogP contribution in [-0.4, -0.2) is 15.6 Å². The summed E-state index contributed by atoms with van der Waals surface area (Å²) in [5.41, 5.74) is 2.20. The number of terminal acetylenes is 1. The summed E-state index contributed by atoms with van der Waals surface area (Å²) in [6, 6.07) is 8.74. The van der Waals surface area contributed by atoms with Gasteiger partial charge in [-0.15, -0.1) is 12.3 Å². The molecule has 0 saturated carbocycles. The van der Waals surface area contributed by atoms with Gasteiger partial charge in [0.1, 0.15) is 5.82 Å². The molecule has 1 N–H and O–H groups in total. The van der Waals surface area contributed by atoms with Crippen LogP contribution in [0, 0.1) is 12.3 Å². The number of imidazole rings is 1. The van der Waals surface area contributed by atoms with Gasteiger partial charge in [-0.2, -0.15) is 0 Å². The van der Waals surface area contributed by atoms with E-state index in [4.69, 9.17) is 11.4 Å². The molecule has 19 heavy (non-hydrogen) atoms. The second-order valence-electron chi connectivity index (χ2n) is 4.92. The Morgan fingerprint density at radius 1 is 1.42 bits per heavy atom. The van der Waals surface area contributed by atoms with E-state index in [1.54, 1.807) is 0 Å². The second kappa shape index (κ2) is 5.90. The molecule has 1 heterocycles. The van der Waals surface area contributed by atoms with Crippen LogP contribution in [0.2, 0.25) is 0 Å². The van der Waals surface area contributed by atoms with Crippen molar-refractivity contribution in [2.75, 3.05) is 0 Å². The molecule has 1 aromatic heterocycles. The van der Waals surface area contributed by atoms with E-state index in [9.17, 15) is 0 Å². The maximum absolute atomic E-state index is 5.40. The average molecular weight is 255 g/mol. The van der Waals surface area contributed by atoms with E-state index >= 15 is 0 Å². The lowest BCUT2D eigenvalue weighted by molar-refractivity contribution is 0.431. The lowest BCUT2D eigenvalue weighted by atomic mass is 10.1. The number of nitrogens with one attached hydrogen (secondary N) is 1. The van der Waals surface area contributed by atoms with Gasteiger partial charge in [0.05, 0.1) is 17.1 Å². The molecule has 0 fully saturated rings. The predicted molar refractivity (Wildman–Crippen MR) is 79.8 cm³/mol. The maximum atomic E-state index is 5.40. The number of aryl methyl sites for hydroxylation is 1. The number of nitrogens with zero attached hydrogens (tertiary/aromatic N) is 2. The second-order valence-corrected chi connectivity index (χ2v) is 4.92. The highest BCUT2D eigenvalue weighted by Gasteiger charge is 2.16. The molecule has 0 aliphatic carbocycles. The molecule has 0 radical (unpaired) electrons. The minimum absolute atomic E-state index is 0.190. The first-order valence-electron chi connectivity index (χ1n) is 6.78. The van der Waals surface area contributed by atoms with Crippen LogP contribution in [-0.2, 0) is 7.05 Å². The summed E-state index contributed by atoms with van der Waals surface area (Å²) in [5, 5.41) is 3.56. The molecular weight excluding hydrogens is 234 g/mol. The summed E-state index contributed by atoms with van der Waals surface area (Å²) in [4.78, 5) is 4.71. The molecule has 100 valence electrons. The van der Waals surface area contributed by atoms with E-state index in [-0.39, 0.29) is 6.04 Å². The van der Waals surface area contributed by atoms with Crippen molar-refractivity contribution in [3.63, 3.8) is 0 Å². The Labute approximate surface area is 115 Å². The quantitative estimate of drug-likeness (QED) is 0.832. The Balaban J connectivity index is 2.24. The lowest BCUT2D eigenvalue weighted by Gasteiger charge is -2.20. The third-order valence-electron chi connectivity index (χ3n) is 3.55. The number of benzene rings is 1. The normalized spacial score (nSPS) is 14.2. The van der Waals surface area contributed by atoms with Gasteiger partial charge >= 0.3 is 0 Å². The van der Waals surface area contributed by atoms with E-state index in [1.807, 2.05) is 18.2 Å². The first-order valence-corrected chi connectivity index (χ1v) is 6.78. The SMILES string of the molecule is C#CCC(CC)NC(C)c1nc2ccccc2n1C. The van der Waals surface area contributed by atoms with Gasteiger partial charge in [-0.25, -0.2) is 4.98 Å². The summed E-state index contributed by atoms with van der Waals surface area (Å²) in [7, 11) is 2.06. The van der Waals surface area contributed by atoms with Crippen LogP contribution >= 0.6 is 0 Å². The molecule has 2 aromatic rings. The van der Waals surface area contributed by atoms with E-state index in [0.717, 1.165) is 29.7 Å². The zero-order chi connectivity index (χ0) is 13.8. The first kappa shape index (κ1) is 13.6. The zero-order valence-electron chi connectivity index (χ0n) is 11.9. The van der Waals surface area contributed by atoms with Crippen LogP contribution in [0.5, 0.6) is 0 Å². The number of para-hydroxylation sites is 2. The Bertz CT molecular complexity index is 592. The van der Waals surface area contributed by atoms with Gasteiger partial charge in [-0.1, -0.05) is 19.1 Å². The molecule has 0 amide bonds. The van der Waals surface area contributed by atoms with E-state index < -0.39 is 0 Å². The highest BCUT2D eigenvalue weighted by molar-refractivity contribution is 5.75. The van der Waals surface area contributed by atoms with Gasteiger partial charge in [-0.05, 0) is 25.5 Å². The zero-order valence-corrected chi connectivity index (χ0v) is 11.9. The first-order chi connectivity index (χ1) is 9.17. The van der Waals surface area contributed by atoms with E-state index in [2.05, 4.69) is 42.8 Å². The van der Waals surface area contributed by atoms with Gasteiger partial charge in [0.25, 0.3) is 0 Å². The Morgan fingerprint density at radius 3 is 2.79 bits per heavy atom. The van der Waals surface area contributed by atoms with Crippen molar-refractivity contribution in [3.8, 4) is 12.3 Å². The third kappa shape index (κ3) is 2.80. The largest absolute Gasteiger partial charge is 0.330 e. The molecule has 3 heteroatoms. The summed E-state index contributed by atoms with van der Waals surface area (Å²) in [6.45, 7) is 4.29. The number of hydrogen-bond acceptors (Lipinski definition) is 2. The summed E-state index contributed by atoms with van der Waals surface area (Å²) in [5.74, 6) is 3.78. The summed E-state index contributed by atoms with van der Waals surface area (Å²) >= 11 is 0. The lowest BCUT2D eigenvalue weighted by Crippen LogP contribution is -2.32. The van der Waals surface area contributed by atoms with Gasteiger partial charge < -0.3 is 9.88 Å². The monoisotopic (exact) mass is 255 g/mol. The number of fused-ring (bicyclic) bond motifs is 1. The topological polar surface area (TPSA) is 29.9 Å². The van der Waals surface area contributed by atoms with Crippen LogP contribution in [0.4, 0.5) is 0 Å². The number of rotatable bonds is 5. The fraction of sp³-hybridized carbons (Fsp3) is 0.438. The molecule has 2 unspecified atom stereocenters. The van der Waals surface area contributed by atoms with Crippen LogP contribution < -0.4 is 5.32 Å². The van der Waals surface area contributed by atoms with Crippen LogP contribution in [0.25, 0.3) is 11.0 Å². The fourth-order valence-corrected chi connectivity index (χ4v) is 2.44. The molecule has 0 aliphatic heterocycles. The molecule has 0 aliphatic rings. The van der Waals surface area contributed by atoms with Crippen LogP contribution in [0.3, 0.4) is 0 Å². The van der Waals surface area contributed by atoms with Crippen molar-refractivity contribution in [1.82, 2.24) is 14.9 Å². The molecule has 2 atom stereocenters. The van der Waals surface area contributed by atoms with Gasteiger partial charge in [-0.3, -0.25) is 0 Å². The average Bonchev–Trinajstić information content (AvgIpc) is 2.76. The number of hydrogen-bond donors (Lipinski definition) is 1. The minimum Gasteiger partial charge on any atom is -0.330 e. The molecule has 1 aromatic carbocycles. The smallest absolute Gasteiger partial charge is 0.126 e. The highest BCUT2D eigenvalue weighted by atomic mass is 15.1. The van der Waals surface area contributed by atoms with Gasteiger partial charge in [0, 0.05) is 19.5 Å². The van der Waals surface area contributed by atoms with Crippen molar-refractivity contribution in [1.29, 1.82) is 0 Å². The molecular formula is C16H21N3. The third-order valence-corrected chi connectivity index (χ3v) is 3.55. The summed E-state index contributed by atoms with van der Waals surface area (Å²) in [6.07, 6.45) is 7.18. The van der Waals surface area contributed by atoms with Crippen molar-refractivity contribution in [2.24, 2.45) is 7.05 Å². The van der Waals surface area contributed by atoms with Gasteiger partial charge in [0.2, 0.25) is 0 Å². The van der Waals surface area contributed by atoms with Crippen molar-refractivity contribution in [2.45, 2.75) is 38.8 Å². The maximum Gasteiger partial charge on any atom is 0.126 e. The van der Waals surface area contributed by atoms with Crippen LogP contribution in [0.15, 0.2) is 24.3 Å². The van der Waals surface area contributed by atoms with E-state index in [0.29, 0.717) is 6.04 Å². The van der Waals surface area contributed by atoms with Gasteiger partial charge in [0.15, 0.2) is 0 Å². The molecule has 3 nitrogen and oxygen atoms in total. The Kier molecular flexibility index (Phi) is 4.24. The van der Waals surface area contributed by atoms with E-state index in [1.165, 1.54) is 0 Å².